The Bertz CT molecular complexity index is 3130. The monoisotopic (exact) mass is 682 g/mol. The Kier molecular flexibility index (Phi) is 6.42. The van der Waals surface area contributed by atoms with E-state index in [4.69, 9.17) is 4.42 Å². The van der Waals surface area contributed by atoms with Gasteiger partial charge in [0.05, 0.1) is 11.0 Å². The van der Waals surface area contributed by atoms with Crippen molar-refractivity contribution in [1.82, 2.24) is 4.57 Å². The molecule has 0 saturated carbocycles. The van der Waals surface area contributed by atoms with Crippen molar-refractivity contribution < 1.29 is 4.42 Å². The molecule has 0 aliphatic heterocycles. The summed E-state index contributed by atoms with van der Waals surface area (Å²) in [5, 5.41) is 7.37. The van der Waals surface area contributed by atoms with E-state index in [1.807, 2.05) is 23.5 Å². The molecule has 0 unspecified atom stereocenters. The predicted molar refractivity (Wildman–Crippen MR) is 221 cm³/mol. The SMILES string of the molecule is c1ccc(-n2c3ccccc3c3ccc(N(c4ccc(-c5cccc6oc7ccccc7c56)cc4)c4ccc5c(c4)sc4ccccc45)cc32)cc1. The highest BCUT2D eigenvalue weighted by atomic mass is 32.1. The molecule has 3 nitrogen and oxygen atoms in total. The lowest BCUT2D eigenvalue weighted by atomic mass is 9.99. The molecule has 0 bridgehead atoms. The first-order chi connectivity index (χ1) is 25.8. The molecule has 0 atom stereocenters. The van der Waals surface area contributed by atoms with E-state index in [0.717, 1.165) is 50.3 Å². The molecule has 0 aliphatic rings. The number of rotatable bonds is 5. The number of nitrogens with zero attached hydrogens (tertiary/aromatic N) is 2. The minimum atomic E-state index is 0.906. The number of benzene rings is 8. The molecule has 0 saturated heterocycles. The number of anilines is 3. The fourth-order valence-electron chi connectivity index (χ4n) is 8.06. The molecule has 52 heavy (non-hydrogen) atoms. The third-order valence-corrected chi connectivity index (χ3v) is 11.5. The third-order valence-electron chi connectivity index (χ3n) is 10.4. The minimum absolute atomic E-state index is 0.906. The highest BCUT2D eigenvalue weighted by molar-refractivity contribution is 7.25. The summed E-state index contributed by atoms with van der Waals surface area (Å²) in [6, 6.07) is 65.5. The lowest BCUT2D eigenvalue weighted by molar-refractivity contribution is 0.669. The molecule has 0 spiro atoms. The topological polar surface area (TPSA) is 21.3 Å². The average Bonchev–Trinajstić information content (AvgIpc) is 3.88. The molecule has 0 amide bonds. The van der Waals surface area contributed by atoms with E-state index in [1.165, 1.54) is 47.5 Å². The lowest BCUT2D eigenvalue weighted by Gasteiger charge is -2.26. The van der Waals surface area contributed by atoms with E-state index >= 15 is 0 Å². The van der Waals surface area contributed by atoms with Crippen LogP contribution in [0.4, 0.5) is 17.1 Å². The number of hydrogen-bond donors (Lipinski definition) is 0. The smallest absolute Gasteiger partial charge is 0.136 e. The van der Waals surface area contributed by atoms with Gasteiger partial charge in [-0.05, 0) is 83.9 Å². The van der Waals surface area contributed by atoms with Crippen LogP contribution in [0, 0.1) is 0 Å². The Morgan fingerprint density at radius 2 is 1.06 bits per heavy atom. The summed E-state index contributed by atoms with van der Waals surface area (Å²) in [6.07, 6.45) is 0. The van der Waals surface area contributed by atoms with Gasteiger partial charge >= 0.3 is 0 Å². The van der Waals surface area contributed by atoms with Gasteiger partial charge in [-0.2, -0.15) is 0 Å². The maximum Gasteiger partial charge on any atom is 0.136 e. The van der Waals surface area contributed by atoms with E-state index in [0.29, 0.717) is 0 Å². The van der Waals surface area contributed by atoms with E-state index in [9.17, 15) is 0 Å². The lowest BCUT2D eigenvalue weighted by Crippen LogP contribution is -2.10. The maximum atomic E-state index is 6.24. The molecule has 11 aromatic rings. The van der Waals surface area contributed by atoms with Crippen molar-refractivity contribution in [2.45, 2.75) is 0 Å². The van der Waals surface area contributed by atoms with Crippen LogP contribution >= 0.6 is 11.3 Å². The van der Waals surface area contributed by atoms with Gasteiger partial charge in [0.2, 0.25) is 0 Å². The van der Waals surface area contributed by atoms with Gasteiger partial charge in [-0.3, -0.25) is 0 Å². The summed E-state index contributed by atoms with van der Waals surface area (Å²) in [5.41, 5.74) is 11.0. The van der Waals surface area contributed by atoms with Crippen LogP contribution in [0.1, 0.15) is 0 Å². The zero-order valence-electron chi connectivity index (χ0n) is 28.0. The van der Waals surface area contributed by atoms with E-state index < -0.39 is 0 Å². The Morgan fingerprint density at radius 3 is 1.92 bits per heavy atom. The van der Waals surface area contributed by atoms with Gasteiger partial charge in [0.15, 0.2) is 0 Å². The van der Waals surface area contributed by atoms with E-state index in [-0.39, 0.29) is 0 Å². The van der Waals surface area contributed by atoms with Gasteiger partial charge in [0.25, 0.3) is 0 Å². The summed E-state index contributed by atoms with van der Waals surface area (Å²) in [6.45, 7) is 0. The van der Waals surface area contributed by atoms with Crippen molar-refractivity contribution in [2.75, 3.05) is 4.90 Å². The van der Waals surface area contributed by atoms with E-state index in [2.05, 4.69) is 179 Å². The van der Waals surface area contributed by atoms with Crippen molar-refractivity contribution in [1.29, 1.82) is 0 Å². The van der Waals surface area contributed by atoms with Crippen molar-refractivity contribution in [3.05, 3.63) is 182 Å². The number of hydrogen-bond acceptors (Lipinski definition) is 3. The van der Waals surface area contributed by atoms with Crippen molar-refractivity contribution in [2.24, 2.45) is 0 Å². The highest BCUT2D eigenvalue weighted by Gasteiger charge is 2.19. The van der Waals surface area contributed by atoms with Gasteiger partial charge in [-0.15, -0.1) is 11.3 Å². The molecule has 8 aromatic carbocycles. The molecule has 0 aliphatic carbocycles. The molecule has 3 aromatic heterocycles. The molecular weight excluding hydrogens is 653 g/mol. The van der Waals surface area contributed by atoms with Crippen LogP contribution in [-0.4, -0.2) is 4.57 Å². The van der Waals surface area contributed by atoms with Crippen LogP contribution in [0.25, 0.3) is 80.7 Å². The summed E-state index contributed by atoms with van der Waals surface area (Å²) < 4.78 is 11.2. The van der Waals surface area contributed by atoms with Crippen LogP contribution in [0.2, 0.25) is 0 Å². The largest absolute Gasteiger partial charge is 0.456 e. The maximum absolute atomic E-state index is 6.24. The molecule has 4 heteroatoms. The summed E-state index contributed by atoms with van der Waals surface area (Å²) >= 11 is 1.85. The summed E-state index contributed by atoms with van der Waals surface area (Å²) in [7, 11) is 0. The highest BCUT2D eigenvalue weighted by Crippen LogP contribution is 2.44. The zero-order chi connectivity index (χ0) is 34.2. The standard InChI is InChI=1S/C48H30N2OS/c1-2-11-32(12-3-1)50-42-17-7-4-13-37(42)38-27-25-34(29-43(38)50)49(35-26-28-40-39-14-6-9-20-46(39)52-47(40)30-35)33-23-21-31(22-24-33)36-16-10-19-45-48(36)41-15-5-8-18-44(41)51-45/h1-30H. The number of furan rings is 1. The first-order valence-electron chi connectivity index (χ1n) is 17.6. The van der Waals surface area contributed by atoms with Crippen molar-refractivity contribution in [3.8, 4) is 16.8 Å². The normalized spacial score (nSPS) is 11.8. The molecule has 0 fully saturated rings. The molecule has 0 N–H and O–H groups in total. The van der Waals surface area contributed by atoms with Gasteiger partial charge in [0.1, 0.15) is 11.2 Å². The van der Waals surface area contributed by atoms with E-state index in [1.54, 1.807) is 0 Å². The van der Waals surface area contributed by atoms with Crippen LogP contribution < -0.4 is 4.90 Å². The molecular formula is C48H30N2OS. The second kappa shape index (κ2) is 11.5. The first-order valence-corrected chi connectivity index (χ1v) is 18.4. The van der Waals surface area contributed by atoms with Gasteiger partial charge < -0.3 is 13.9 Å². The van der Waals surface area contributed by atoms with Crippen LogP contribution in [0.3, 0.4) is 0 Å². The Labute approximate surface area is 303 Å². The summed E-state index contributed by atoms with van der Waals surface area (Å²) in [4.78, 5) is 2.40. The van der Waals surface area contributed by atoms with Gasteiger partial charge in [-0.1, -0.05) is 109 Å². The predicted octanol–water partition coefficient (Wildman–Crippen LogP) is 14.2. The number of thiophene rings is 1. The molecule has 244 valence electrons. The zero-order valence-corrected chi connectivity index (χ0v) is 28.8. The van der Waals surface area contributed by atoms with Crippen LogP contribution in [0.15, 0.2) is 186 Å². The van der Waals surface area contributed by atoms with Crippen molar-refractivity contribution >= 4 is 92.3 Å². The number of aromatic nitrogens is 1. The molecule has 11 rings (SSSR count). The fraction of sp³-hybridized carbons (Fsp3) is 0. The second-order valence-corrected chi connectivity index (χ2v) is 14.4. The Balaban J connectivity index is 1.12. The number of fused-ring (bicyclic) bond motifs is 9. The van der Waals surface area contributed by atoms with Gasteiger partial charge in [0, 0.05) is 64.5 Å². The van der Waals surface area contributed by atoms with Crippen molar-refractivity contribution in [3.63, 3.8) is 0 Å². The fourth-order valence-corrected chi connectivity index (χ4v) is 9.20. The quantitative estimate of drug-likeness (QED) is 0.180. The Morgan fingerprint density at radius 1 is 0.423 bits per heavy atom. The number of para-hydroxylation sites is 3. The minimum Gasteiger partial charge on any atom is -0.456 e. The Hall–Kier alpha value is -6.62. The first kappa shape index (κ1) is 29.1. The van der Waals surface area contributed by atoms with Gasteiger partial charge in [-0.25, -0.2) is 0 Å². The molecule has 0 radical (unpaired) electrons. The van der Waals surface area contributed by atoms with Crippen LogP contribution in [-0.2, 0) is 0 Å². The third kappa shape index (κ3) is 4.45. The summed E-state index contributed by atoms with van der Waals surface area (Å²) in [5.74, 6) is 0. The van der Waals surface area contributed by atoms with Crippen LogP contribution in [0.5, 0.6) is 0 Å². The second-order valence-electron chi connectivity index (χ2n) is 13.3. The average molecular weight is 683 g/mol. The molecule has 3 heterocycles.